The van der Waals surface area contributed by atoms with E-state index >= 15 is 0 Å². The molecule has 3 N–H and O–H groups in total. The predicted octanol–water partition coefficient (Wildman–Crippen LogP) is 5.92. The zero-order chi connectivity index (χ0) is 17.7. The van der Waals surface area contributed by atoms with Crippen molar-refractivity contribution < 1.29 is 0 Å². The van der Waals surface area contributed by atoms with Crippen LogP contribution in [0, 0.1) is 0 Å². The molecule has 0 bridgehead atoms. The van der Waals surface area contributed by atoms with E-state index < -0.39 is 7.26 Å². The van der Waals surface area contributed by atoms with Crippen molar-refractivity contribution in [2.24, 2.45) is 0 Å². The Morgan fingerprint density at radius 2 is 0.714 bits per heavy atom. The molecule has 0 spiro atoms. The van der Waals surface area contributed by atoms with Gasteiger partial charge in [0.1, 0.15) is 23.2 Å². The summed E-state index contributed by atoms with van der Waals surface area (Å²) in [6.45, 7) is 0. The largest absolute Gasteiger partial charge is 0.344 e. The fourth-order valence-electron chi connectivity index (χ4n) is 3.63. The molecule has 4 aromatic rings. The molecule has 0 aromatic heterocycles. The molecule has 0 aliphatic heterocycles. The Labute approximate surface area is 179 Å². The second-order valence-electron chi connectivity index (χ2n) is 6.46. The monoisotopic (exact) mass is 450 g/mol. The molecule has 0 amide bonds. The fraction of sp³-hybridized carbons (Fsp3) is 0.0400. The molecular formula is C25H26BrNP+. The van der Waals surface area contributed by atoms with Gasteiger partial charge in [-0.25, -0.2) is 0 Å². The Balaban J connectivity index is 0.00000140. The zero-order valence-corrected chi connectivity index (χ0v) is 18.4. The van der Waals surface area contributed by atoms with Crippen LogP contribution < -0.4 is 22.1 Å². The van der Waals surface area contributed by atoms with Gasteiger partial charge >= 0.3 is 0 Å². The standard InChI is InChI=1S/C25H22P.BrH.H3N/c1-5-13-22(14-6-1)21-26(23-15-7-2-8-16-23,24-17-9-3-10-18-24)25-19-11-4-12-20-25;;/h1-20H,21H2;1H;1H3/q+1;;. The van der Waals surface area contributed by atoms with Gasteiger partial charge in [0.2, 0.25) is 0 Å². The summed E-state index contributed by atoms with van der Waals surface area (Å²) >= 11 is 0. The Morgan fingerprint density at radius 1 is 0.429 bits per heavy atom. The quantitative estimate of drug-likeness (QED) is 0.376. The van der Waals surface area contributed by atoms with Gasteiger partial charge in [0.25, 0.3) is 0 Å². The zero-order valence-electron chi connectivity index (χ0n) is 15.8. The molecule has 4 aromatic carbocycles. The van der Waals surface area contributed by atoms with Crippen molar-refractivity contribution >= 4 is 40.2 Å². The first-order valence-corrected chi connectivity index (χ1v) is 11.0. The number of hydrogen-bond acceptors (Lipinski definition) is 1. The van der Waals surface area contributed by atoms with E-state index in [0.717, 1.165) is 6.16 Å². The maximum absolute atomic E-state index is 2.30. The Bertz CT molecular complexity index is 848. The molecule has 0 saturated carbocycles. The summed E-state index contributed by atoms with van der Waals surface area (Å²) in [5.74, 6) is 0. The predicted molar refractivity (Wildman–Crippen MR) is 131 cm³/mol. The first-order chi connectivity index (χ1) is 12.9. The van der Waals surface area contributed by atoms with E-state index in [9.17, 15) is 0 Å². The third-order valence-electron chi connectivity index (χ3n) is 4.85. The molecule has 0 heterocycles. The summed E-state index contributed by atoms with van der Waals surface area (Å²) in [6.07, 6.45) is 1.03. The van der Waals surface area contributed by atoms with Gasteiger partial charge in [-0.1, -0.05) is 84.9 Å². The van der Waals surface area contributed by atoms with Crippen LogP contribution in [0.25, 0.3) is 0 Å². The maximum Gasteiger partial charge on any atom is 0.116 e. The average Bonchev–Trinajstić information content (AvgIpc) is 2.75. The molecule has 0 saturated heterocycles. The number of hydrogen-bond donors (Lipinski definition) is 1. The summed E-state index contributed by atoms with van der Waals surface area (Å²) in [4.78, 5) is 0. The van der Waals surface area contributed by atoms with Crippen LogP contribution in [-0.4, -0.2) is 0 Å². The molecule has 142 valence electrons. The fourth-order valence-corrected chi connectivity index (χ4v) is 7.87. The Hall–Kier alpha value is -2.25. The van der Waals surface area contributed by atoms with Crippen molar-refractivity contribution in [3.05, 3.63) is 127 Å². The molecule has 0 unspecified atom stereocenters. The van der Waals surface area contributed by atoms with Crippen LogP contribution in [0.15, 0.2) is 121 Å². The van der Waals surface area contributed by atoms with Crippen molar-refractivity contribution in [1.29, 1.82) is 0 Å². The van der Waals surface area contributed by atoms with Crippen molar-refractivity contribution in [3.8, 4) is 0 Å². The number of halogens is 1. The van der Waals surface area contributed by atoms with Gasteiger partial charge in [-0.15, -0.1) is 17.0 Å². The summed E-state index contributed by atoms with van der Waals surface area (Å²) in [5, 5.41) is 4.30. The lowest BCUT2D eigenvalue weighted by Gasteiger charge is -2.27. The SMILES string of the molecule is Br.N.c1ccc(C[P+](c2ccccc2)(c2ccccc2)c2ccccc2)cc1. The van der Waals surface area contributed by atoms with Crippen LogP contribution in [0.1, 0.15) is 5.56 Å². The molecular weight excluding hydrogens is 425 g/mol. The highest BCUT2D eigenvalue weighted by Gasteiger charge is 2.45. The first-order valence-electron chi connectivity index (χ1n) is 8.98. The average molecular weight is 451 g/mol. The minimum Gasteiger partial charge on any atom is -0.344 e. The van der Waals surface area contributed by atoms with Gasteiger partial charge < -0.3 is 6.15 Å². The van der Waals surface area contributed by atoms with Crippen molar-refractivity contribution in [2.45, 2.75) is 6.16 Å². The van der Waals surface area contributed by atoms with Crippen LogP contribution in [0.2, 0.25) is 0 Å². The highest BCUT2D eigenvalue weighted by Crippen LogP contribution is 2.58. The smallest absolute Gasteiger partial charge is 0.116 e. The molecule has 0 aliphatic carbocycles. The van der Waals surface area contributed by atoms with Crippen molar-refractivity contribution in [3.63, 3.8) is 0 Å². The van der Waals surface area contributed by atoms with Gasteiger partial charge in [0.15, 0.2) is 0 Å². The van der Waals surface area contributed by atoms with E-state index in [-0.39, 0.29) is 23.1 Å². The molecule has 28 heavy (non-hydrogen) atoms. The van der Waals surface area contributed by atoms with E-state index in [1.807, 2.05) is 0 Å². The molecule has 0 fully saturated rings. The van der Waals surface area contributed by atoms with Gasteiger partial charge in [-0.3, -0.25) is 0 Å². The number of benzene rings is 4. The topological polar surface area (TPSA) is 35.0 Å². The molecule has 0 aliphatic rings. The maximum atomic E-state index is 2.30. The van der Waals surface area contributed by atoms with E-state index in [1.165, 1.54) is 21.5 Å². The summed E-state index contributed by atoms with van der Waals surface area (Å²) < 4.78 is 0. The van der Waals surface area contributed by atoms with Crippen molar-refractivity contribution in [1.82, 2.24) is 6.15 Å². The van der Waals surface area contributed by atoms with Crippen LogP contribution in [0.5, 0.6) is 0 Å². The summed E-state index contributed by atoms with van der Waals surface area (Å²) in [6, 6.07) is 44.0. The molecule has 3 heteroatoms. The lowest BCUT2D eigenvalue weighted by atomic mass is 10.2. The van der Waals surface area contributed by atoms with Crippen LogP contribution in [0.3, 0.4) is 0 Å². The van der Waals surface area contributed by atoms with E-state index in [4.69, 9.17) is 0 Å². The highest BCUT2D eigenvalue weighted by atomic mass is 79.9. The van der Waals surface area contributed by atoms with Crippen LogP contribution in [0.4, 0.5) is 0 Å². The van der Waals surface area contributed by atoms with Gasteiger partial charge in [0, 0.05) is 0 Å². The second kappa shape index (κ2) is 10.3. The Morgan fingerprint density at radius 3 is 1.04 bits per heavy atom. The number of rotatable bonds is 5. The van der Waals surface area contributed by atoms with E-state index in [2.05, 4.69) is 121 Å². The lowest BCUT2D eigenvalue weighted by Crippen LogP contribution is -2.32. The van der Waals surface area contributed by atoms with E-state index in [1.54, 1.807) is 0 Å². The minimum atomic E-state index is -1.78. The summed E-state index contributed by atoms with van der Waals surface area (Å²) in [7, 11) is -1.78. The second-order valence-corrected chi connectivity index (χ2v) is 9.95. The minimum absolute atomic E-state index is 0. The molecule has 0 radical (unpaired) electrons. The normalized spacial score (nSPS) is 10.4. The summed E-state index contributed by atoms with van der Waals surface area (Å²) in [5.41, 5.74) is 1.39. The third-order valence-corrected chi connectivity index (χ3v) is 9.23. The van der Waals surface area contributed by atoms with Crippen LogP contribution in [-0.2, 0) is 6.16 Å². The first kappa shape index (κ1) is 22.0. The van der Waals surface area contributed by atoms with E-state index in [0.29, 0.717) is 0 Å². The van der Waals surface area contributed by atoms with Gasteiger partial charge in [-0.05, 0) is 42.0 Å². The van der Waals surface area contributed by atoms with Crippen molar-refractivity contribution in [2.75, 3.05) is 0 Å². The van der Waals surface area contributed by atoms with Gasteiger partial charge in [0.05, 0.1) is 6.16 Å². The Kier molecular flexibility index (Phi) is 8.14. The molecule has 1 nitrogen and oxygen atoms in total. The molecule has 0 atom stereocenters. The van der Waals surface area contributed by atoms with Crippen LogP contribution >= 0.6 is 24.2 Å². The lowest BCUT2D eigenvalue weighted by molar-refractivity contribution is 1.39. The highest BCUT2D eigenvalue weighted by molar-refractivity contribution is 8.93. The third kappa shape index (κ3) is 4.42. The molecule has 4 rings (SSSR count). The van der Waals surface area contributed by atoms with Gasteiger partial charge in [-0.2, -0.15) is 0 Å².